The molecule has 19 heavy (non-hydrogen) atoms. The molecule has 1 aliphatic rings. The first kappa shape index (κ1) is 12.2. The Labute approximate surface area is 112 Å². The number of hydrogen-bond donors (Lipinski definition) is 1. The predicted molar refractivity (Wildman–Crippen MR) is 72.8 cm³/mol. The quantitative estimate of drug-likeness (QED) is 0.909. The fraction of sp³-hybridized carbons (Fsp3) is 0.429. The molecule has 1 N–H and O–H groups in total. The van der Waals surface area contributed by atoms with E-state index in [-0.39, 0.29) is 0 Å². The predicted octanol–water partition coefficient (Wildman–Crippen LogP) is 2.06. The maximum Gasteiger partial charge on any atom is 0.315 e. The van der Waals surface area contributed by atoms with Crippen LogP contribution in [0.1, 0.15) is 17.9 Å². The van der Waals surface area contributed by atoms with Gasteiger partial charge in [0.05, 0.1) is 0 Å². The van der Waals surface area contributed by atoms with E-state index in [1.165, 1.54) is 5.56 Å². The number of nitrogens with zero attached hydrogens (tertiary/aromatic N) is 3. The van der Waals surface area contributed by atoms with Crippen LogP contribution in [0.15, 0.2) is 34.7 Å². The molecule has 0 saturated carbocycles. The van der Waals surface area contributed by atoms with Crippen LogP contribution in [0.3, 0.4) is 0 Å². The van der Waals surface area contributed by atoms with Crippen molar-refractivity contribution >= 4 is 6.01 Å². The number of rotatable bonds is 4. The van der Waals surface area contributed by atoms with Crippen LogP contribution < -0.4 is 5.32 Å². The van der Waals surface area contributed by atoms with E-state index in [1.807, 2.05) is 0 Å². The zero-order valence-corrected chi connectivity index (χ0v) is 11.0. The van der Waals surface area contributed by atoms with Crippen LogP contribution >= 0.6 is 0 Å². The summed E-state index contributed by atoms with van der Waals surface area (Å²) in [6, 6.07) is 11.5. The molecule has 2 aromatic rings. The van der Waals surface area contributed by atoms with Gasteiger partial charge in [0.1, 0.15) is 0 Å². The lowest BCUT2D eigenvalue weighted by Gasteiger charge is -2.16. The van der Waals surface area contributed by atoms with E-state index in [9.17, 15) is 0 Å². The second-order valence-electron chi connectivity index (χ2n) is 4.98. The fourth-order valence-electron chi connectivity index (χ4n) is 2.47. The number of aryl methyl sites for hydroxylation is 1. The van der Waals surface area contributed by atoms with Crippen LogP contribution in [-0.4, -0.2) is 34.2 Å². The zero-order valence-electron chi connectivity index (χ0n) is 11.0. The summed E-state index contributed by atoms with van der Waals surface area (Å²) in [5.41, 5.74) is 1.36. The van der Waals surface area contributed by atoms with Crippen molar-refractivity contribution in [1.82, 2.24) is 15.1 Å². The Morgan fingerprint density at radius 1 is 1.32 bits per heavy atom. The highest BCUT2D eigenvalue weighted by Crippen LogP contribution is 2.17. The van der Waals surface area contributed by atoms with Crippen molar-refractivity contribution in [2.24, 2.45) is 0 Å². The Morgan fingerprint density at radius 2 is 2.16 bits per heavy atom. The molecule has 1 aliphatic heterocycles. The monoisotopic (exact) mass is 258 g/mol. The van der Waals surface area contributed by atoms with Gasteiger partial charge in [0.25, 0.3) is 0 Å². The second kappa shape index (κ2) is 5.40. The number of hydrogen-bond acceptors (Lipinski definition) is 5. The first-order chi connectivity index (χ1) is 9.29. The minimum absolute atomic E-state index is 0.392. The van der Waals surface area contributed by atoms with Gasteiger partial charge in [-0.1, -0.05) is 35.4 Å². The number of benzene rings is 1. The van der Waals surface area contributed by atoms with Crippen LogP contribution in [-0.2, 0) is 6.54 Å². The first-order valence-electron chi connectivity index (χ1n) is 6.62. The third-order valence-electron chi connectivity index (χ3n) is 3.38. The van der Waals surface area contributed by atoms with Gasteiger partial charge in [0.15, 0.2) is 0 Å². The number of nitrogens with one attached hydrogen (secondary N) is 1. The molecule has 0 amide bonds. The molecule has 1 unspecified atom stereocenters. The first-order valence-corrected chi connectivity index (χ1v) is 6.62. The SMILES string of the molecule is Cc1nnc(NC2CCN(Cc3ccccc3)C2)o1. The van der Waals surface area contributed by atoms with Crippen molar-refractivity contribution in [3.63, 3.8) is 0 Å². The molecule has 1 aromatic heterocycles. The van der Waals surface area contributed by atoms with Crippen molar-refractivity contribution in [2.75, 3.05) is 18.4 Å². The number of aromatic nitrogens is 2. The van der Waals surface area contributed by atoms with E-state index in [2.05, 4.69) is 50.7 Å². The van der Waals surface area contributed by atoms with Crippen molar-refractivity contribution in [3.05, 3.63) is 41.8 Å². The molecule has 1 atom stereocenters. The molecule has 1 aromatic carbocycles. The van der Waals surface area contributed by atoms with Crippen molar-refractivity contribution < 1.29 is 4.42 Å². The molecule has 0 spiro atoms. The molecule has 100 valence electrons. The maximum atomic E-state index is 5.35. The molecular weight excluding hydrogens is 240 g/mol. The lowest BCUT2D eigenvalue weighted by Crippen LogP contribution is -2.26. The van der Waals surface area contributed by atoms with Crippen LogP contribution in [0.25, 0.3) is 0 Å². The summed E-state index contributed by atoms with van der Waals surface area (Å²) in [5.74, 6) is 0.599. The Balaban J connectivity index is 1.53. The maximum absolute atomic E-state index is 5.35. The minimum Gasteiger partial charge on any atom is -0.408 e. The van der Waals surface area contributed by atoms with Crippen molar-refractivity contribution in [1.29, 1.82) is 0 Å². The molecule has 0 bridgehead atoms. The lowest BCUT2D eigenvalue weighted by atomic mass is 10.2. The average Bonchev–Trinajstić information content (AvgIpc) is 3.01. The molecule has 5 heteroatoms. The highest BCUT2D eigenvalue weighted by atomic mass is 16.4. The topological polar surface area (TPSA) is 54.2 Å². The van der Waals surface area contributed by atoms with Crippen molar-refractivity contribution in [2.45, 2.75) is 25.9 Å². The molecule has 1 fully saturated rings. The third kappa shape index (κ3) is 3.12. The highest BCUT2D eigenvalue weighted by Gasteiger charge is 2.23. The highest BCUT2D eigenvalue weighted by molar-refractivity contribution is 5.21. The summed E-state index contributed by atoms with van der Waals surface area (Å²) < 4.78 is 5.35. The molecule has 0 aliphatic carbocycles. The van der Waals surface area contributed by atoms with Crippen LogP contribution in [0.5, 0.6) is 0 Å². The summed E-state index contributed by atoms with van der Waals surface area (Å²) in [4.78, 5) is 2.44. The Morgan fingerprint density at radius 3 is 2.89 bits per heavy atom. The summed E-state index contributed by atoms with van der Waals surface area (Å²) in [5, 5.41) is 11.1. The van der Waals surface area contributed by atoms with Gasteiger partial charge in [-0.25, -0.2) is 0 Å². The van der Waals surface area contributed by atoms with E-state index in [4.69, 9.17) is 4.42 Å². The van der Waals surface area contributed by atoms with Gasteiger partial charge < -0.3 is 9.73 Å². The molecular formula is C14H18N4O. The Hall–Kier alpha value is -1.88. The van der Waals surface area contributed by atoms with E-state index in [0.29, 0.717) is 17.9 Å². The Bertz CT molecular complexity index is 525. The van der Waals surface area contributed by atoms with Gasteiger partial charge in [0, 0.05) is 32.6 Å². The fourth-order valence-corrected chi connectivity index (χ4v) is 2.47. The van der Waals surface area contributed by atoms with Crippen LogP contribution in [0.2, 0.25) is 0 Å². The smallest absolute Gasteiger partial charge is 0.315 e. The van der Waals surface area contributed by atoms with E-state index >= 15 is 0 Å². The second-order valence-corrected chi connectivity index (χ2v) is 4.98. The van der Waals surface area contributed by atoms with Crippen molar-refractivity contribution in [3.8, 4) is 0 Å². The van der Waals surface area contributed by atoms with Gasteiger partial charge in [-0.05, 0) is 12.0 Å². The number of likely N-dealkylation sites (tertiary alicyclic amines) is 1. The molecule has 2 heterocycles. The van der Waals surface area contributed by atoms with E-state index in [1.54, 1.807) is 6.92 Å². The average molecular weight is 258 g/mol. The summed E-state index contributed by atoms with van der Waals surface area (Å²) in [6.07, 6.45) is 1.11. The largest absolute Gasteiger partial charge is 0.408 e. The molecule has 1 saturated heterocycles. The summed E-state index contributed by atoms with van der Waals surface area (Å²) in [7, 11) is 0. The standard InChI is InChI=1S/C14H18N4O/c1-11-16-17-14(19-11)15-13-7-8-18(10-13)9-12-5-3-2-4-6-12/h2-6,13H,7-10H2,1H3,(H,15,17). The third-order valence-corrected chi connectivity index (χ3v) is 3.38. The summed E-state index contributed by atoms with van der Waals surface area (Å²) in [6.45, 7) is 4.91. The van der Waals surface area contributed by atoms with E-state index < -0.39 is 0 Å². The zero-order chi connectivity index (χ0) is 13.1. The van der Waals surface area contributed by atoms with Crippen LogP contribution in [0, 0.1) is 6.92 Å². The minimum atomic E-state index is 0.392. The normalized spacial score (nSPS) is 19.7. The molecule has 0 radical (unpaired) electrons. The molecule has 3 rings (SSSR count). The van der Waals surface area contributed by atoms with Gasteiger partial charge in [0.2, 0.25) is 5.89 Å². The Kier molecular flexibility index (Phi) is 3.46. The number of anilines is 1. The van der Waals surface area contributed by atoms with Gasteiger partial charge in [-0.15, -0.1) is 5.10 Å². The molecule has 5 nitrogen and oxygen atoms in total. The van der Waals surface area contributed by atoms with Gasteiger partial charge in [-0.2, -0.15) is 0 Å². The van der Waals surface area contributed by atoms with Crippen LogP contribution in [0.4, 0.5) is 6.01 Å². The van der Waals surface area contributed by atoms with E-state index in [0.717, 1.165) is 26.1 Å². The summed E-state index contributed by atoms with van der Waals surface area (Å²) >= 11 is 0. The van der Waals surface area contributed by atoms with Gasteiger partial charge in [-0.3, -0.25) is 4.90 Å². The lowest BCUT2D eigenvalue weighted by molar-refractivity contribution is 0.328. The van der Waals surface area contributed by atoms with Gasteiger partial charge >= 0.3 is 6.01 Å².